The molecule has 2 aromatic heterocycles. The number of aromatic nitrogens is 2. The molecule has 2 aliphatic rings. The van der Waals surface area contributed by atoms with Crippen molar-refractivity contribution in [2.24, 2.45) is 10.7 Å². The summed E-state index contributed by atoms with van der Waals surface area (Å²) in [6.45, 7) is 5.39. The number of nitriles is 1. The lowest BCUT2D eigenvalue weighted by atomic mass is 9.78. The first-order valence-electron chi connectivity index (χ1n) is 14.5. The Balaban J connectivity index is 0.00000237. The van der Waals surface area contributed by atoms with E-state index in [-0.39, 0.29) is 11.6 Å². The fraction of sp³-hybridized carbons (Fsp3) is 0.441. The highest BCUT2D eigenvalue weighted by atomic mass is 32.1. The number of allylic oxidation sites excluding steroid dienone is 4. The molecule has 7 nitrogen and oxygen atoms in total. The zero-order valence-corrected chi connectivity index (χ0v) is 25.8. The number of aliphatic imine (C=N–C) groups is 1. The minimum Gasteiger partial charge on any atom is -0.392 e. The van der Waals surface area contributed by atoms with Gasteiger partial charge in [0.1, 0.15) is 11.8 Å². The van der Waals surface area contributed by atoms with Crippen LogP contribution in [0.25, 0.3) is 0 Å². The first-order chi connectivity index (χ1) is 20.4. The van der Waals surface area contributed by atoms with Crippen molar-refractivity contribution >= 4 is 29.1 Å². The minimum atomic E-state index is 0.141. The molecule has 42 heavy (non-hydrogen) atoms. The van der Waals surface area contributed by atoms with Crippen LogP contribution in [0.1, 0.15) is 92.2 Å². The van der Waals surface area contributed by atoms with Crippen LogP contribution in [-0.4, -0.2) is 46.4 Å². The van der Waals surface area contributed by atoms with Crippen LogP contribution in [0.3, 0.4) is 0 Å². The van der Waals surface area contributed by atoms with Crippen LogP contribution in [0.4, 0.5) is 5.82 Å². The second-order valence-corrected chi connectivity index (χ2v) is 11.7. The molecule has 1 fully saturated rings. The third-order valence-corrected chi connectivity index (χ3v) is 9.16. The Bertz CT molecular complexity index is 1460. The Kier molecular flexibility index (Phi) is 12.2. The van der Waals surface area contributed by atoms with Crippen LogP contribution in [0.5, 0.6) is 0 Å². The number of nitrogens with one attached hydrogen (secondary N) is 1. The molecule has 0 saturated carbocycles. The molecule has 2 aromatic rings. The van der Waals surface area contributed by atoms with Crippen LogP contribution in [0.15, 0.2) is 39.4 Å². The summed E-state index contributed by atoms with van der Waals surface area (Å²) >= 11 is 1.69. The number of aryl methyl sites for hydroxylation is 2. The zero-order chi connectivity index (χ0) is 30.6. The Morgan fingerprint density at radius 2 is 2.10 bits per heavy atom. The molecule has 0 spiro atoms. The van der Waals surface area contributed by atoms with E-state index in [2.05, 4.69) is 55.6 Å². The van der Waals surface area contributed by atoms with E-state index in [1.54, 1.807) is 23.6 Å². The lowest BCUT2D eigenvalue weighted by Crippen LogP contribution is -2.25. The number of nitrogens with two attached hydrogens (primary N) is 1. The van der Waals surface area contributed by atoms with Crippen molar-refractivity contribution in [3.05, 3.63) is 61.9 Å². The first-order valence-corrected chi connectivity index (χ1v) is 15.4. The zero-order valence-electron chi connectivity index (χ0n) is 25.0. The summed E-state index contributed by atoms with van der Waals surface area (Å²) in [6.07, 6.45) is 25.4. The van der Waals surface area contributed by atoms with Gasteiger partial charge in [-0.05, 0) is 89.1 Å². The average Bonchev–Trinajstić information content (AvgIpc) is 3.64. The maximum absolute atomic E-state index is 9.78. The average molecular weight is 580 g/mol. The van der Waals surface area contributed by atoms with Crippen molar-refractivity contribution in [2.45, 2.75) is 83.6 Å². The van der Waals surface area contributed by atoms with Crippen LogP contribution in [0.2, 0.25) is 0 Å². The second-order valence-electron chi connectivity index (χ2n) is 10.7. The number of terminal acetylenes is 2. The normalized spacial score (nSPS) is 19.3. The van der Waals surface area contributed by atoms with E-state index in [0.717, 1.165) is 79.5 Å². The summed E-state index contributed by atoms with van der Waals surface area (Å²) in [5, 5.41) is 21.1. The molecular formula is C34H41N7S. The molecule has 2 atom stereocenters. The molecule has 0 aromatic carbocycles. The van der Waals surface area contributed by atoms with Crippen LogP contribution in [-0.2, 0) is 12.8 Å². The molecule has 218 valence electrons. The molecule has 1 aliphatic carbocycles. The van der Waals surface area contributed by atoms with Gasteiger partial charge in [0, 0.05) is 40.2 Å². The molecule has 1 aliphatic heterocycles. The van der Waals surface area contributed by atoms with Gasteiger partial charge in [0.15, 0.2) is 11.6 Å². The van der Waals surface area contributed by atoms with E-state index in [1.807, 2.05) is 11.4 Å². The maximum Gasteiger partial charge on any atom is 0.180 e. The van der Waals surface area contributed by atoms with Gasteiger partial charge in [0.25, 0.3) is 0 Å². The van der Waals surface area contributed by atoms with Gasteiger partial charge in [-0.15, -0.1) is 30.6 Å². The fourth-order valence-corrected chi connectivity index (χ4v) is 7.00. The Hall–Kier alpha value is -4.03. The molecule has 3 heterocycles. The van der Waals surface area contributed by atoms with Gasteiger partial charge in [-0.25, -0.2) is 15.0 Å². The summed E-state index contributed by atoms with van der Waals surface area (Å²) in [5.74, 6) is 3.41. The molecule has 8 heteroatoms. The second kappa shape index (κ2) is 15.8. The largest absolute Gasteiger partial charge is 0.392 e. The Labute approximate surface area is 255 Å². The fourth-order valence-electron chi connectivity index (χ4n) is 5.92. The van der Waals surface area contributed by atoms with E-state index < -0.39 is 0 Å². The topological polar surface area (TPSA) is 115 Å². The van der Waals surface area contributed by atoms with Gasteiger partial charge in [0.2, 0.25) is 0 Å². The number of likely N-dealkylation sites (tertiary alicyclic amines) is 1. The van der Waals surface area contributed by atoms with Crippen molar-refractivity contribution in [1.82, 2.24) is 14.9 Å². The Morgan fingerprint density at radius 3 is 2.76 bits per heavy atom. The summed E-state index contributed by atoms with van der Waals surface area (Å²) in [5.41, 5.74) is 11.3. The van der Waals surface area contributed by atoms with Crippen LogP contribution < -0.4 is 5.73 Å². The highest BCUT2D eigenvalue weighted by molar-refractivity contribution is 7.10. The summed E-state index contributed by atoms with van der Waals surface area (Å²) in [6, 6.07) is 4.84. The first kappa shape index (κ1) is 32.5. The molecule has 0 amide bonds. The van der Waals surface area contributed by atoms with Gasteiger partial charge >= 0.3 is 0 Å². The maximum atomic E-state index is 9.78. The molecule has 1 saturated heterocycles. The van der Waals surface area contributed by atoms with Crippen molar-refractivity contribution in [3.63, 3.8) is 0 Å². The van der Waals surface area contributed by atoms with Gasteiger partial charge in [-0.2, -0.15) is 5.26 Å². The number of thiophene rings is 1. The number of hydrogen-bond donors (Lipinski definition) is 2. The highest BCUT2D eigenvalue weighted by Crippen LogP contribution is 2.43. The smallest absolute Gasteiger partial charge is 0.180 e. The molecule has 0 radical (unpaired) electrons. The van der Waals surface area contributed by atoms with E-state index in [9.17, 15) is 10.7 Å². The minimum absolute atomic E-state index is 0.141. The van der Waals surface area contributed by atoms with Gasteiger partial charge in [-0.3, -0.25) is 5.41 Å². The van der Waals surface area contributed by atoms with E-state index in [0.29, 0.717) is 23.4 Å². The van der Waals surface area contributed by atoms with Crippen molar-refractivity contribution < 1.29 is 0 Å². The van der Waals surface area contributed by atoms with Crippen molar-refractivity contribution in [3.8, 4) is 31.3 Å². The third-order valence-electron chi connectivity index (χ3n) is 8.10. The van der Waals surface area contributed by atoms with Crippen LogP contribution in [0, 0.1) is 41.9 Å². The monoisotopic (exact) mass is 579 g/mol. The van der Waals surface area contributed by atoms with Crippen LogP contribution >= 0.6 is 11.3 Å². The lowest BCUT2D eigenvalue weighted by molar-refractivity contribution is 0.296. The number of nitrogens with zero attached hydrogens (tertiary/aromatic N) is 5. The van der Waals surface area contributed by atoms with Crippen molar-refractivity contribution in [1.29, 1.82) is 10.7 Å². The van der Waals surface area contributed by atoms with Gasteiger partial charge in [-0.1, -0.05) is 24.8 Å². The molecule has 1 unspecified atom stereocenters. The van der Waals surface area contributed by atoms with E-state index >= 15 is 0 Å². The molecule has 0 bridgehead atoms. The number of fused-ring (bicyclic) bond motifs is 1. The quantitative estimate of drug-likeness (QED) is 0.247. The lowest BCUT2D eigenvalue weighted by Gasteiger charge is -2.26. The highest BCUT2D eigenvalue weighted by Gasteiger charge is 2.29. The summed E-state index contributed by atoms with van der Waals surface area (Å²) in [7, 11) is 2.18. The SMILES string of the molecule is C#C.C#C/C(N)=C/C=Nc1cc(CC[C@@H]2CCCN2C)nc(C(=N)/C(CCC)=C(\C)C2CCCc3scc(C#N)c32)n1. The third kappa shape index (κ3) is 7.83. The molecule has 3 N–H and O–H groups in total. The number of rotatable bonds is 10. The van der Waals surface area contributed by atoms with Crippen molar-refractivity contribution in [2.75, 3.05) is 13.6 Å². The van der Waals surface area contributed by atoms with E-state index in [1.165, 1.54) is 17.7 Å². The molecular weight excluding hydrogens is 538 g/mol. The van der Waals surface area contributed by atoms with Gasteiger partial charge in [0.05, 0.1) is 11.3 Å². The van der Waals surface area contributed by atoms with Gasteiger partial charge < -0.3 is 10.6 Å². The molecule has 4 rings (SSSR count). The predicted octanol–water partition coefficient (Wildman–Crippen LogP) is 6.47. The standard InChI is InChI=1S/C32H39N7S.C2H2/c1-5-9-27(21(3)26-11-7-12-28-30(26)22(19-33)20-40-28)31(35)32-37-24(13-14-25-10-8-17-39(25)4)18-29(38-32)36-16-15-23(34)6-2;1-2/h2,15-16,18,20,25-26,35H,5,7-14,17,34H2,1,3-4H3;1-2H/b23-15-,27-21+,35-31?,36-16?;/t25-,26?;/m0./s1. The Morgan fingerprint density at radius 1 is 1.31 bits per heavy atom. The summed E-state index contributed by atoms with van der Waals surface area (Å²) in [4.78, 5) is 17.8. The predicted molar refractivity (Wildman–Crippen MR) is 174 cm³/mol. The van der Waals surface area contributed by atoms with E-state index in [4.69, 9.17) is 22.1 Å². The summed E-state index contributed by atoms with van der Waals surface area (Å²) < 4.78 is 0. The number of hydrogen-bond acceptors (Lipinski definition) is 8.